The number of nitrogens with zero attached hydrogens (tertiary/aromatic N) is 4. The van der Waals surface area contributed by atoms with Crippen molar-refractivity contribution < 1.29 is 9.53 Å². The molecule has 1 unspecified atom stereocenters. The number of nitrogens with one attached hydrogen (secondary N) is 2. The molecule has 0 aromatic carbocycles. The Balaban J connectivity index is 2.04. The van der Waals surface area contributed by atoms with Crippen LogP contribution in [0.2, 0.25) is 0 Å². The van der Waals surface area contributed by atoms with Crippen molar-refractivity contribution in [1.82, 2.24) is 25.4 Å². The Morgan fingerprint density at radius 1 is 1.44 bits per heavy atom. The van der Waals surface area contributed by atoms with E-state index in [0.717, 1.165) is 0 Å². The maximum atomic E-state index is 11.2. The molecule has 0 saturated carbocycles. The van der Waals surface area contributed by atoms with Crippen molar-refractivity contribution in [3.63, 3.8) is 0 Å². The Bertz CT molecular complexity index is 510. The third-order valence-electron chi connectivity index (χ3n) is 2.27. The number of rotatable bonds is 4. The van der Waals surface area contributed by atoms with Crippen molar-refractivity contribution in [2.24, 2.45) is 0 Å². The zero-order valence-corrected chi connectivity index (χ0v) is 9.91. The summed E-state index contributed by atoms with van der Waals surface area (Å²) in [6.07, 6.45) is 1.43. The number of aromatic amines is 1. The first-order valence-corrected chi connectivity index (χ1v) is 5.24. The van der Waals surface area contributed by atoms with E-state index in [2.05, 4.69) is 35.4 Å². The maximum Gasteiger partial charge on any atom is 0.358 e. The largest absolute Gasteiger partial charge is 0.464 e. The van der Waals surface area contributed by atoms with Crippen LogP contribution in [0.5, 0.6) is 0 Å². The monoisotopic (exact) mass is 248 g/mol. The van der Waals surface area contributed by atoms with Crippen LogP contribution in [0.4, 0.5) is 5.82 Å². The summed E-state index contributed by atoms with van der Waals surface area (Å²) in [6, 6.07) is 3.09. The number of methoxy groups -OCH3 is 1. The van der Waals surface area contributed by atoms with Gasteiger partial charge in [0.2, 0.25) is 0 Å². The highest BCUT2D eigenvalue weighted by atomic mass is 16.5. The maximum absolute atomic E-state index is 11.2. The number of aromatic nitrogens is 5. The molecule has 0 aliphatic carbocycles. The van der Waals surface area contributed by atoms with Gasteiger partial charge in [-0.3, -0.25) is 5.10 Å². The first-order valence-electron chi connectivity index (χ1n) is 5.24. The Hall–Kier alpha value is -2.51. The van der Waals surface area contributed by atoms with E-state index in [9.17, 15) is 4.79 Å². The minimum atomic E-state index is -0.516. The third-order valence-corrected chi connectivity index (χ3v) is 2.27. The van der Waals surface area contributed by atoms with Crippen LogP contribution in [0.15, 0.2) is 18.5 Å². The van der Waals surface area contributed by atoms with Gasteiger partial charge in [-0.2, -0.15) is 5.10 Å². The van der Waals surface area contributed by atoms with E-state index in [4.69, 9.17) is 0 Å². The van der Waals surface area contributed by atoms with Crippen LogP contribution in [-0.4, -0.2) is 38.5 Å². The van der Waals surface area contributed by atoms with Gasteiger partial charge in [-0.25, -0.2) is 9.78 Å². The van der Waals surface area contributed by atoms with E-state index in [1.165, 1.54) is 19.5 Å². The minimum absolute atomic E-state index is 0.0919. The van der Waals surface area contributed by atoms with Crippen molar-refractivity contribution in [2.75, 3.05) is 12.4 Å². The molecule has 8 nitrogen and oxygen atoms in total. The first-order chi connectivity index (χ1) is 8.70. The predicted molar refractivity (Wildman–Crippen MR) is 61.8 cm³/mol. The fourth-order valence-electron chi connectivity index (χ4n) is 1.34. The molecule has 0 fully saturated rings. The Kier molecular flexibility index (Phi) is 3.46. The molecule has 18 heavy (non-hydrogen) atoms. The van der Waals surface area contributed by atoms with Crippen molar-refractivity contribution in [1.29, 1.82) is 0 Å². The van der Waals surface area contributed by atoms with Crippen molar-refractivity contribution in [3.8, 4) is 0 Å². The van der Waals surface area contributed by atoms with E-state index in [1.54, 1.807) is 6.07 Å². The highest BCUT2D eigenvalue weighted by Crippen LogP contribution is 2.12. The Labute approximate surface area is 103 Å². The lowest BCUT2D eigenvalue weighted by Gasteiger charge is -2.10. The summed E-state index contributed by atoms with van der Waals surface area (Å²) in [5.41, 5.74) is 0.162. The molecule has 2 rings (SSSR count). The van der Waals surface area contributed by atoms with Crippen LogP contribution < -0.4 is 5.32 Å². The lowest BCUT2D eigenvalue weighted by Crippen LogP contribution is -2.12. The zero-order chi connectivity index (χ0) is 13.0. The van der Waals surface area contributed by atoms with Crippen molar-refractivity contribution in [2.45, 2.75) is 13.0 Å². The topological polar surface area (TPSA) is 106 Å². The summed E-state index contributed by atoms with van der Waals surface area (Å²) in [5.74, 6) is 0.706. The molecule has 0 amide bonds. The van der Waals surface area contributed by atoms with Crippen LogP contribution >= 0.6 is 0 Å². The quantitative estimate of drug-likeness (QED) is 0.761. The molecule has 0 saturated heterocycles. The summed E-state index contributed by atoms with van der Waals surface area (Å²) < 4.78 is 4.53. The molecule has 2 N–H and O–H groups in total. The lowest BCUT2D eigenvalue weighted by molar-refractivity contribution is 0.0593. The molecule has 2 aromatic heterocycles. The van der Waals surface area contributed by atoms with E-state index < -0.39 is 5.97 Å². The van der Waals surface area contributed by atoms with Crippen molar-refractivity contribution in [3.05, 3.63) is 30.0 Å². The van der Waals surface area contributed by atoms with Gasteiger partial charge in [-0.15, -0.1) is 10.2 Å². The molecule has 8 heteroatoms. The molecule has 1 atom stereocenters. The second-order valence-corrected chi connectivity index (χ2v) is 3.53. The molecule has 2 aromatic rings. The third kappa shape index (κ3) is 2.59. The molecule has 94 valence electrons. The van der Waals surface area contributed by atoms with Gasteiger partial charge in [-0.05, 0) is 19.1 Å². The first kappa shape index (κ1) is 12.0. The number of carbonyl (C=O) groups excluding carboxylic acids is 1. The molecule has 2 heterocycles. The van der Waals surface area contributed by atoms with Gasteiger partial charge < -0.3 is 10.1 Å². The molecule has 0 aliphatic heterocycles. The average molecular weight is 248 g/mol. The molecule has 0 aliphatic rings. The lowest BCUT2D eigenvalue weighted by atomic mass is 10.3. The number of hydrogen-bond donors (Lipinski definition) is 2. The summed E-state index contributed by atoms with van der Waals surface area (Å²) in [4.78, 5) is 15.2. The van der Waals surface area contributed by atoms with Gasteiger partial charge >= 0.3 is 5.97 Å². The molecular formula is C10H12N6O2. The Morgan fingerprint density at radius 2 is 2.28 bits per heavy atom. The predicted octanol–water partition coefficient (Wildman–Crippen LogP) is 0.554. The fourth-order valence-corrected chi connectivity index (χ4v) is 1.34. The van der Waals surface area contributed by atoms with E-state index in [0.29, 0.717) is 11.6 Å². The van der Waals surface area contributed by atoms with Gasteiger partial charge in [0.25, 0.3) is 0 Å². The smallest absolute Gasteiger partial charge is 0.358 e. The summed E-state index contributed by atoms with van der Waals surface area (Å²) in [6.45, 7) is 1.90. The number of esters is 1. The van der Waals surface area contributed by atoms with Crippen LogP contribution in [-0.2, 0) is 4.74 Å². The standard InChI is InChI=1S/C10H12N6O2/c1-6(9-11-5-12-16-9)13-8-4-3-7(14-15-8)10(17)18-2/h3-6H,1-2H3,(H,13,15)(H,11,12,16). The number of hydrogen-bond acceptors (Lipinski definition) is 7. The second-order valence-electron chi connectivity index (χ2n) is 3.53. The average Bonchev–Trinajstić information content (AvgIpc) is 2.92. The SMILES string of the molecule is COC(=O)c1ccc(NC(C)c2ncn[nH]2)nn1. The Morgan fingerprint density at radius 3 is 2.83 bits per heavy atom. The van der Waals surface area contributed by atoms with E-state index >= 15 is 0 Å². The highest BCUT2D eigenvalue weighted by Gasteiger charge is 2.11. The van der Waals surface area contributed by atoms with Crippen LogP contribution in [0.3, 0.4) is 0 Å². The number of ether oxygens (including phenoxy) is 1. The summed E-state index contributed by atoms with van der Waals surface area (Å²) >= 11 is 0. The van der Waals surface area contributed by atoms with Crippen LogP contribution in [0.1, 0.15) is 29.3 Å². The summed E-state index contributed by atoms with van der Waals surface area (Å²) in [5, 5.41) is 17.2. The molecular weight excluding hydrogens is 236 g/mol. The van der Waals surface area contributed by atoms with Gasteiger partial charge in [0.1, 0.15) is 18.0 Å². The zero-order valence-electron chi connectivity index (χ0n) is 9.91. The molecule has 0 bridgehead atoms. The van der Waals surface area contributed by atoms with Gasteiger partial charge in [0.05, 0.1) is 13.2 Å². The number of anilines is 1. The number of H-pyrrole nitrogens is 1. The molecule has 0 spiro atoms. The van der Waals surface area contributed by atoms with Gasteiger partial charge in [0.15, 0.2) is 5.69 Å². The van der Waals surface area contributed by atoms with Gasteiger partial charge in [0, 0.05) is 0 Å². The van der Waals surface area contributed by atoms with Crippen molar-refractivity contribution >= 4 is 11.8 Å². The van der Waals surface area contributed by atoms with E-state index in [-0.39, 0.29) is 11.7 Å². The molecule has 0 radical (unpaired) electrons. The fraction of sp³-hybridized carbons (Fsp3) is 0.300. The van der Waals surface area contributed by atoms with Crippen LogP contribution in [0, 0.1) is 0 Å². The van der Waals surface area contributed by atoms with Crippen LogP contribution in [0.25, 0.3) is 0 Å². The van der Waals surface area contributed by atoms with E-state index in [1.807, 2.05) is 6.92 Å². The summed E-state index contributed by atoms with van der Waals surface area (Å²) in [7, 11) is 1.29. The normalized spacial score (nSPS) is 11.9. The minimum Gasteiger partial charge on any atom is -0.464 e. The van der Waals surface area contributed by atoms with Gasteiger partial charge in [-0.1, -0.05) is 0 Å². The second kappa shape index (κ2) is 5.21. The highest BCUT2D eigenvalue weighted by molar-refractivity contribution is 5.86. The number of carbonyl (C=O) groups is 1.